The zero-order chi connectivity index (χ0) is 16.0. The van der Waals surface area contributed by atoms with E-state index in [4.69, 9.17) is 0 Å². The van der Waals surface area contributed by atoms with E-state index in [0.29, 0.717) is 12.5 Å². The molecule has 0 saturated heterocycles. The summed E-state index contributed by atoms with van der Waals surface area (Å²) in [4.78, 5) is 17.0. The van der Waals surface area contributed by atoms with Gasteiger partial charge in [0.25, 0.3) is 5.91 Å². The summed E-state index contributed by atoms with van der Waals surface area (Å²) >= 11 is 0. The van der Waals surface area contributed by atoms with Gasteiger partial charge in [-0.05, 0) is 24.0 Å². The van der Waals surface area contributed by atoms with Gasteiger partial charge < -0.3 is 9.80 Å². The van der Waals surface area contributed by atoms with E-state index in [0.717, 1.165) is 11.3 Å². The molecule has 1 amide bonds. The quantitative estimate of drug-likeness (QED) is 0.793. The minimum absolute atomic E-state index is 0.153. The summed E-state index contributed by atoms with van der Waals surface area (Å²) in [5, 5.41) is 0. The molecule has 3 heteroatoms. The number of aryl methyl sites for hydroxylation is 1. The Morgan fingerprint density at radius 1 is 1.23 bits per heavy atom. The molecule has 3 nitrogen and oxygen atoms in total. The van der Waals surface area contributed by atoms with Crippen LogP contribution in [0.4, 0.5) is 0 Å². The predicted octanol–water partition coefficient (Wildman–Crippen LogP) is 3.41. The number of rotatable bonds is 1. The fourth-order valence-electron chi connectivity index (χ4n) is 3.58. The number of carbonyl (C=O) groups excluding carboxylic acids is 1. The summed E-state index contributed by atoms with van der Waals surface area (Å²) in [6.45, 7) is 7.17. The highest BCUT2D eigenvalue weighted by molar-refractivity contribution is 6.03. The first-order valence-electron chi connectivity index (χ1n) is 7.91. The van der Waals surface area contributed by atoms with Crippen molar-refractivity contribution >= 4 is 11.6 Å². The Labute approximate surface area is 132 Å². The van der Waals surface area contributed by atoms with Gasteiger partial charge in [0.1, 0.15) is 0 Å². The van der Waals surface area contributed by atoms with Gasteiger partial charge in [0, 0.05) is 43.9 Å². The molecule has 0 saturated carbocycles. The smallest absolute Gasteiger partial charge is 0.252 e. The highest BCUT2D eigenvalue weighted by atomic mass is 16.2. The van der Waals surface area contributed by atoms with Gasteiger partial charge in [-0.15, -0.1) is 0 Å². The van der Waals surface area contributed by atoms with Gasteiger partial charge in [0.2, 0.25) is 0 Å². The lowest BCUT2D eigenvalue weighted by Gasteiger charge is -2.32. The van der Waals surface area contributed by atoms with Crippen LogP contribution in [0.1, 0.15) is 30.5 Å². The number of benzene rings is 1. The molecule has 0 radical (unpaired) electrons. The molecule has 2 heterocycles. The number of fused-ring (bicyclic) bond motifs is 2. The predicted molar refractivity (Wildman–Crippen MR) is 89.8 cm³/mol. The van der Waals surface area contributed by atoms with Crippen molar-refractivity contribution in [3.8, 4) is 0 Å². The maximum absolute atomic E-state index is 13.0. The average Bonchev–Trinajstić information content (AvgIpc) is 2.57. The van der Waals surface area contributed by atoms with Crippen LogP contribution >= 0.6 is 0 Å². The van der Waals surface area contributed by atoms with Gasteiger partial charge in [-0.25, -0.2) is 0 Å². The van der Waals surface area contributed by atoms with Crippen LogP contribution < -0.4 is 0 Å². The normalized spacial score (nSPS) is 21.2. The SMILES string of the molecule is Cc1cccc2c1C1=C(C(=O)N(C)C2)[C@H](C(C)C)C=CN1C. The number of hydrogen-bond donors (Lipinski definition) is 0. The van der Waals surface area contributed by atoms with Gasteiger partial charge >= 0.3 is 0 Å². The topological polar surface area (TPSA) is 23.6 Å². The molecule has 22 heavy (non-hydrogen) atoms. The molecule has 116 valence electrons. The number of carbonyl (C=O) groups is 1. The molecule has 1 aromatic rings. The third-order valence-corrected chi connectivity index (χ3v) is 4.76. The minimum atomic E-state index is 0.153. The van der Waals surface area contributed by atoms with E-state index in [2.05, 4.69) is 56.1 Å². The van der Waals surface area contributed by atoms with Gasteiger partial charge in [-0.3, -0.25) is 4.79 Å². The fourth-order valence-corrected chi connectivity index (χ4v) is 3.58. The highest BCUT2D eigenvalue weighted by Gasteiger charge is 2.35. The van der Waals surface area contributed by atoms with Crippen molar-refractivity contribution in [3.05, 3.63) is 52.7 Å². The van der Waals surface area contributed by atoms with Gasteiger partial charge in [-0.2, -0.15) is 0 Å². The maximum atomic E-state index is 13.0. The van der Waals surface area contributed by atoms with Crippen molar-refractivity contribution in [1.82, 2.24) is 9.80 Å². The van der Waals surface area contributed by atoms with Gasteiger partial charge in [0.15, 0.2) is 0 Å². The third-order valence-electron chi connectivity index (χ3n) is 4.76. The van der Waals surface area contributed by atoms with Crippen LogP contribution in [0.15, 0.2) is 36.0 Å². The second-order valence-corrected chi connectivity index (χ2v) is 6.75. The summed E-state index contributed by atoms with van der Waals surface area (Å²) in [5.74, 6) is 0.727. The standard InChI is InChI=1S/C19H24N2O/c1-12(2)15-9-10-20(4)18-16-13(3)7-6-8-14(16)11-21(5)19(22)17(15)18/h6-10,12,15H,11H2,1-5H3/t15-/m0/s1. The molecule has 0 N–H and O–H groups in total. The fraction of sp³-hybridized carbons (Fsp3) is 0.421. The number of nitrogens with zero attached hydrogens (tertiary/aromatic N) is 2. The van der Waals surface area contributed by atoms with Gasteiger partial charge in [-0.1, -0.05) is 38.1 Å². The first-order chi connectivity index (χ1) is 10.4. The minimum Gasteiger partial charge on any atom is -0.350 e. The molecule has 1 atom stereocenters. The molecular formula is C19H24N2O. The van der Waals surface area contributed by atoms with Crippen LogP contribution in [-0.2, 0) is 11.3 Å². The Morgan fingerprint density at radius 2 is 1.95 bits per heavy atom. The summed E-state index contributed by atoms with van der Waals surface area (Å²) in [5.41, 5.74) is 5.72. The lowest BCUT2D eigenvalue weighted by molar-refractivity contribution is -0.126. The van der Waals surface area contributed by atoms with E-state index in [1.165, 1.54) is 16.7 Å². The van der Waals surface area contributed by atoms with E-state index in [9.17, 15) is 4.79 Å². The molecule has 0 aromatic heterocycles. The molecule has 0 bridgehead atoms. The van der Waals surface area contributed by atoms with E-state index >= 15 is 0 Å². The van der Waals surface area contributed by atoms with Crippen LogP contribution in [0.5, 0.6) is 0 Å². The van der Waals surface area contributed by atoms with Crippen LogP contribution in [0.2, 0.25) is 0 Å². The van der Waals surface area contributed by atoms with Crippen LogP contribution in [0.25, 0.3) is 5.70 Å². The van der Waals surface area contributed by atoms with Gasteiger partial charge in [0.05, 0.1) is 5.70 Å². The van der Waals surface area contributed by atoms with Crippen LogP contribution in [0.3, 0.4) is 0 Å². The van der Waals surface area contributed by atoms with E-state index in [-0.39, 0.29) is 11.8 Å². The molecule has 0 unspecified atom stereocenters. The molecule has 2 aliphatic heterocycles. The van der Waals surface area contributed by atoms with Crippen molar-refractivity contribution in [3.63, 3.8) is 0 Å². The Bertz CT molecular complexity index is 685. The monoisotopic (exact) mass is 296 g/mol. The highest BCUT2D eigenvalue weighted by Crippen LogP contribution is 2.40. The zero-order valence-electron chi connectivity index (χ0n) is 14.1. The number of hydrogen-bond acceptors (Lipinski definition) is 2. The van der Waals surface area contributed by atoms with Crippen LogP contribution in [-0.4, -0.2) is 29.8 Å². The summed E-state index contributed by atoms with van der Waals surface area (Å²) in [6.07, 6.45) is 4.27. The summed E-state index contributed by atoms with van der Waals surface area (Å²) in [7, 11) is 3.94. The molecule has 3 rings (SSSR count). The second kappa shape index (κ2) is 5.31. The molecular weight excluding hydrogens is 272 g/mol. The lowest BCUT2D eigenvalue weighted by atomic mass is 9.82. The maximum Gasteiger partial charge on any atom is 0.252 e. The zero-order valence-corrected chi connectivity index (χ0v) is 14.1. The Hall–Kier alpha value is -2.03. The Kier molecular flexibility index (Phi) is 3.59. The molecule has 0 fully saturated rings. The number of allylic oxidation sites excluding steroid dienone is 1. The summed E-state index contributed by atoms with van der Waals surface area (Å²) < 4.78 is 0. The van der Waals surface area contributed by atoms with Crippen LogP contribution in [0, 0.1) is 18.8 Å². The largest absolute Gasteiger partial charge is 0.350 e. The van der Waals surface area contributed by atoms with Crippen molar-refractivity contribution in [2.75, 3.05) is 14.1 Å². The second-order valence-electron chi connectivity index (χ2n) is 6.75. The Morgan fingerprint density at radius 3 is 2.64 bits per heavy atom. The van der Waals surface area contributed by atoms with Crippen molar-refractivity contribution in [2.24, 2.45) is 11.8 Å². The summed E-state index contributed by atoms with van der Waals surface area (Å²) in [6, 6.07) is 6.35. The third kappa shape index (κ3) is 2.16. The number of amides is 1. The number of likely N-dealkylation sites (N-methyl/N-ethyl adjacent to an activating group) is 1. The van der Waals surface area contributed by atoms with E-state index in [1.54, 1.807) is 0 Å². The first-order valence-corrected chi connectivity index (χ1v) is 7.91. The van der Waals surface area contributed by atoms with Crippen molar-refractivity contribution in [2.45, 2.75) is 27.3 Å². The van der Waals surface area contributed by atoms with E-state index < -0.39 is 0 Å². The van der Waals surface area contributed by atoms with Crippen molar-refractivity contribution in [1.29, 1.82) is 0 Å². The van der Waals surface area contributed by atoms with E-state index in [1.807, 2.05) is 19.0 Å². The Balaban J connectivity index is 2.33. The average molecular weight is 296 g/mol. The molecule has 2 aliphatic rings. The van der Waals surface area contributed by atoms with Crippen molar-refractivity contribution < 1.29 is 4.79 Å². The molecule has 0 spiro atoms. The molecule has 1 aromatic carbocycles. The first kappa shape index (κ1) is 14.9. The lowest BCUT2D eigenvalue weighted by Crippen LogP contribution is -2.33. The molecule has 0 aliphatic carbocycles.